The Labute approximate surface area is 206 Å². The molecule has 0 aliphatic carbocycles. The third-order valence-electron chi connectivity index (χ3n) is 5.93. The van der Waals surface area contributed by atoms with E-state index in [9.17, 15) is 9.59 Å². The van der Waals surface area contributed by atoms with Crippen molar-refractivity contribution in [1.82, 2.24) is 18.7 Å². The van der Waals surface area contributed by atoms with Gasteiger partial charge in [0.25, 0.3) is 5.56 Å². The number of fused-ring (bicyclic) bond motifs is 1. The molecule has 4 aromatic rings. The van der Waals surface area contributed by atoms with Gasteiger partial charge in [-0.2, -0.15) is 0 Å². The smallest absolute Gasteiger partial charge is 0.273 e. The SMILES string of the molecule is C=CCn1c(=S)sc2c(=O)n(CC(=O)c3cc(C)n(CCc4ccc(OC)cc4)c3C)cnc21. The zero-order chi connectivity index (χ0) is 24.4. The fraction of sp³-hybridized carbons (Fsp3) is 0.280. The van der Waals surface area contributed by atoms with Crippen LogP contribution in [0.2, 0.25) is 0 Å². The molecule has 0 aliphatic heterocycles. The molecule has 0 radical (unpaired) electrons. The summed E-state index contributed by atoms with van der Waals surface area (Å²) in [4.78, 5) is 30.6. The lowest BCUT2D eigenvalue weighted by Gasteiger charge is -2.11. The fourth-order valence-electron chi connectivity index (χ4n) is 4.08. The van der Waals surface area contributed by atoms with Gasteiger partial charge in [0.1, 0.15) is 16.8 Å². The van der Waals surface area contributed by atoms with Gasteiger partial charge in [-0.15, -0.1) is 6.58 Å². The van der Waals surface area contributed by atoms with Crippen LogP contribution < -0.4 is 10.3 Å². The van der Waals surface area contributed by atoms with Crippen LogP contribution in [0.25, 0.3) is 10.3 Å². The first-order chi connectivity index (χ1) is 16.3. The van der Waals surface area contributed by atoms with Crippen molar-refractivity contribution >= 4 is 39.7 Å². The molecule has 0 unspecified atom stereocenters. The Kier molecular flexibility index (Phi) is 6.95. The molecule has 0 bridgehead atoms. The van der Waals surface area contributed by atoms with Gasteiger partial charge in [0.05, 0.1) is 13.7 Å². The number of rotatable bonds is 9. The number of ether oxygens (including phenoxy) is 1. The van der Waals surface area contributed by atoms with Crippen molar-refractivity contribution in [3.05, 3.63) is 86.1 Å². The molecule has 0 spiro atoms. The molecule has 34 heavy (non-hydrogen) atoms. The molecular formula is C25H26N4O3S2. The maximum Gasteiger partial charge on any atom is 0.273 e. The van der Waals surface area contributed by atoms with Crippen LogP contribution in [-0.2, 0) is 26.1 Å². The van der Waals surface area contributed by atoms with Gasteiger partial charge in [-0.1, -0.05) is 29.5 Å². The minimum Gasteiger partial charge on any atom is -0.497 e. The van der Waals surface area contributed by atoms with Crippen LogP contribution in [-0.4, -0.2) is 31.6 Å². The number of nitrogens with zero attached hydrogens (tertiary/aromatic N) is 4. The number of thiazole rings is 1. The van der Waals surface area contributed by atoms with E-state index >= 15 is 0 Å². The molecule has 0 saturated heterocycles. The van der Waals surface area contributed by atoms with E-state index < -0.39 is 0 Å². The molecule has 9 heteroatoms. The van der Waals surface area contributed by atoms with Gasteiger partial charge < -0.3 is 13.9 Å². The van der Waals surface area contributed by atoms with E-state index in [1.165, 1.54) is 27.8 Å². The summed E-state index contributed by atoms with van der Waals surface area (Å²) in [6.45, 7) is 8.83. The van der Waals surface area contributed by atoms with Crippen molar-refractivity contribution in [1.29, 1.82) is 0 Å². The molecule has 7 nitrogen and oxygen atoms in total. The number of methoxy groups -OCH3 is 1. The van der Waals surface area contributed by atoms with Crippen molar-refractivity contribution in [2.75, 3.05) is 7.11 Å². The third kappa shape index (κ3) is 4.53. The lowest BCUT2D eigenvalue weighted by atomic mass is 10.1. The molecule has 0 aliphatic rings. The lowest BCUT2D eigenvalue weighted by Crippen LogP contribution is -2.24. The summed E-state index contributed by atoms with van der Waals surface area (Å²) >= 11 is 6.57. The van der Waals surface area contributed by atoms with Gasteiger partial charge >= 0.3 is 0 Å². The Morgan fingerprint density at radius 1 is 1.24 bits per heavy atom. The topological polar surface area (TPSA) is 71.0 Å². The Balaban J connectivity index is 1.55. The first-order valence-corrected chi connectivity index (χ1v) is 12.1. The summed E-state index contributed by atoms with van der Waals surface area (Å²) in [5, 5.41) is 0. The van der Waals surface area contributed by atoms with Crippen molar-refractivity contribution < 1.29 is 9.53 Å². The number of hydrogen-bond acceptors (Lipinski definition) is 6. The van der Waals surface area contributed by atoms with Crippen LogP contribution in [0.4, 0.5) is 0 Å². The Morgan fingerprint density at radius 3 is 2.65 bits per heavy atom. The summed E-state index contributed by atoms with van der Waals surface area (Å²) in [5.74, 6) is 0.705. The number of hydrogen-bond donors (Lipinski definition) is 0. The van der Waals surface area contributed by atoms with E-state index in [2.05, 4.69) is 16.1 Å². The van der Waals surface area contributed by atoms with Crippen molar-refractivity contribution in [3.63, 3.8) is 0 Å². The molecule has 0 fully saturated rings. The van der Waals surface area contributed by atoms with Crippen LogP contribution in [0, 0.1) is 17.8 Å². The third-order valence-corrected chi connectivity index (χ3v) is 7.35. The maximum atomic E-state index is 13.2. The highest BCUT2D eigenvalue weighted by Gasteiger charge is 2.18. The largest absolute Gasteiger partial charge is 0.497 e. The minimum absolute atomic E-state index is 0.0728. The summed E-state index contributed by atoms with van der Waals surface area (Å²) in [6, 6.07) is 9.89. The Morgan fingerprint density at radius 2 is 1.97 bits per heavy atom. The van der Waals surface area contributed by atoms with Gasteiger partial charge in [-0.05, 0) is 56.2 Å². The highest BCUT2D eigenvalue weighted by molar-refractivity contribution is 7.73. The summed E-state index contributed by atoms with van der Waals surface area (Å²) in [7, 11) is 1.65. The normalized spacial score (nSPS) is 11.1. The lowest BCUT2D eigenvalue weighted by molar-refractivity contribution is 0.0970. The van der Waals surface area contributed by atoms with E-state index in [-0.39, 0.29) is 17.9 Å². The van der Waals surface area contributed by atoms with E-state index in [4.69, 9.17) is 17.0 Å². The molecule has 1 aromatic carbocycles. The fourth-order valence-corrected chi connectivity index (χ4v) is 5.39. The average molecular weight is 495 g/mol. The number of ketones is 1. The second kappa shape index (κ2) is 9.90. The number of Topliss-reactive ketones (excluding diaryl/α,β-unsaturated/α-hetero) is 1. The highest BCUT2D eigenvalue weighted by Crippen LogP contribution is 2.20. The Hall–Kier alpha value is -3.30. The van der Waals surface area contributed by atoms with Gasteiger partial charge in [0.15, 0.2) is 15.4 Å². The number of benzene rings is 1. The van der Waals surface area contributed by atoms with Crippen LogP contribution in [0.15, 0.2) is 54.1 Å². The number of aryl methyl sites for hydroxylation is 2. The predicted octanol–water partition coefficient (Wildman–Crippen LogP) is 4.73. The first-order valence-electron chi connectivity index (χ1n) is 10.9. The molecule has 0 atom stereocenters. The van der Waals surface area contributed by atoms with E-state index in [1.807, 2.05) is 44.2 Å². The summed E-state index contributed by atoms with van der Waals surface area (Å²) < 4.78 is 11.5. The summed E-state index contributed by atoms with van der Waals surface area (Å²) in [6.07, 6.45) is 3.97. The first kappa shape index (κ1) is 23.8. The van der Waals surface area contributed by atoms with E-state index in [1.54, 1.807) is 17.8 Å². The van der Waals surface area contributed by atoms with Crippen LogP contribution >= 0.6 is 23.6 Å². The monoisotopic (exact) mass is 494 g/mol. The quantitative estimate of drug-likeness (QED) is 0.191. The number of allylic oxidation sites excluding steroid dienone is 1. The number of aromatic nitrogens is 4. The van der Waals surface area contributed by atoms with Crippen LogP contribution in [0.3, 0.4) is 0 Å². The average Bonchev–Trinajstić information content (AvgIpc) is 3.30. The second-order valence-electron chi connectivity index (χ2n) is 8.06. The van der Waals surface area contributed by atoms with E-state index in [0.717, 1.165) is 30.1 Å². The standard InChI is InChI=1S/C25H26N4O3S2/c1-5-11-29-23-22(34-25(29)33)24(31)27(15-26-23)14-21(30)20-13-16(2)28(17(20)3)12-10-18-6-8-19(32-4)9-7-18/h5-9,13,15H,1,10-12,14H2,2-4H3. The zero-order valence-electron chi connectivity index (χ0n) is 19.4. The molecule has 4 rings (SSSR count). The maximum absolute atomic E-state index is 13.2. The molecule has 0 N–H and O–H groups in total. The van der Waals surface area contributed by atoms with Crippen molar-refractivity contribution in [3.8, 4) is 5.75 Å². The van der Waals surface area contributed by atoms with Gasteiger partial charge in [-0.25, -0.2) is 4.98 Å². The second-order valence-corrected chi connectivity index (χ2v) is 9.70. The highest BCUT2D eigenvalue weighted by atomic mass is 32.1. The molecule has 3 heterocycles. The molecular weight excluding hydrogens is 468 g/mol. The van der Waals surface area contributed by atoms with Crippen LogP contribution in [0.5, 0.6) is 5.75 Å². The molecule has 3 aromatic heterocycles. The van der Waals surface area contributed by atoms with Crippen LogP contribution in [0.1, 0.15) is 27.3 Å². The number of carbonyl (C=O) groups excluding carboxylic acids is 1. The molecule has 176 valence electrons. The van der Waals surface area contributed by atoms with Gasteiger partial charge in [0, 0.05) is 30.0 Å². The summed E-state index contributed by atoms with van der Waals surface area (Å²) in [5.41, 5.74) is 3.99. The minimum atomic E-state index is -0.259. The number of carbonyl (C=O) groups is 1. The molecule has 0 amide bonds. The van der Waals surface area contributed by atoms with E-state index in [0.29, 0.717) is 26.4 Å². The Bertz CT molecular complexity index is 1490. The predicted molar refractivity (Wildman–Crippen MR) is 138 cm³/mol. The van der Waals surface area contributed by atoms with Gasteiger partial charge in [0.2, 0.25) is 0 Å². The van der Waals surface area contributed by atoms with Gasteiger partial charge in [-0.3, -0.25) is 14.2 Å². The zero-order valence-corrected chi connectivity index (χ0v) is 21.0. The van der Waals surface area contributed by atoms with Crippen molar-refractivity contribution in [2.45, 2.75) is 39.9 Å². The molecule has 0 saturated carbocycles. The van der Waals surface area contributed by atoms with Crippen molar-refractivity contribution in [2.24, 2.45) is 0 Å².